The Morgan fingerprint density at radius 3 is 2.62 bits per heavy atom. The van der Waals surface area contributed by atoms with Crippen molar-refractivity contribution in [1.82, 2.24) is 10.2 Å². The number of aliphatic hydroxyl groups is 1. The van der Waals surface area contributed by atoms with Crippen molar-refractivity contribution in [3.05, 3.63) is 0 Å². The minimum atomic E-state index is -0.878. The van der Waals surface area contributed by atoms with Gasteiger partial charge in [-0.05, 0) is 25.7 Å². The Balaban J connectivity index is 1.90. The number of nitrogens with two attached hydrogens (primary N) is 1. The van der Waals surface area contributed by atoms with E-state index in [-0.39, 0.29) is 5.91 Å². The fourth-order valence-corrected chi connectivity index (χ4v) is 4.12. The van der Waals surface area contributed by atoms with E-state index in [0.29, 0.717) is 25.4 Å². The summed E-state index contributed by atoms with van der Waals surface area (Å²) in [5.41, 5.74) is 6.27. The van der Waals surface area contributed by atoms with E-state index >= 15 is 0 Å². The summed E-state index contributed by atoms with van der Waals surface area (Å²) < 4.78 is 5.17. The van der Waals surface area contributed by atoms with Crippen LogP contribution in [0.25, 0.3) is 0 Å². The standard InChI is InChI=1S/C19H35N3O4/c1-3-8-14(17(23)15(20)11-13-9-6-5-7-10-13)18(24)21-16-12-22(4-2)19(25)26-16/h13-17,23H,3-12,20H2,1-2H3,(H,21,24)/t14?,15-,16-,17?/m0/s1. The normalized spacial score (nSPS) is 24.8. The Labute approximate surface area is 156 Å². The number of carbonyl (C=O) groups excluding carboxylic acids is 2. The van der Waals surface area contributed by atoms with Gasteiger partial charge in [0.05, 0.1) is 18.6 Å². The zero-order chi connectivity index (χ0) is 19.1. The van der Waals surface area contributed by atoms with Crippen molar-refractivity contribution in [2.75, 3.05) is 13.1 Å². The number of nitrogens with one attached hydrogen (secondary N) is 1. The smallest absolute Gasteiger partial charge is 0.411 e. The second-order valence-electron chi connectivity index (χ2n) is 7.71. The lowest BCUT2D eigenvalue weighted by atomic mass is 9.81. The van der Waals surface area contributed by atoms with Crippen molar-refractivity contribution < 1.29 is 19.4 Å². The molecule has 1 aliphatic carbocycles. The highest BCUT2D eigenvalue weighted by Crippen LogP contribution is 2.29. The lowest BCUT2D eigenvalue weighted by Crippen LogP contribution is -2.50. The average molecular weight is 370 g/mol. The minimum Gasteiger partial charge on any atom is -0.423 e. The molecule has 1 saturated heterocycles. The molecule has 1 heterocycles. The molecule has 2 unspecified atom stereocenters. The van der Waals surface area contributed by atoms with Gasteiger partial charge in [0, 0.05) is 12.6 Å². The number of hydrogen-bond donors (Lipinski definition) is 3. The fourth-order valence-electron chi connectivity index (χ4n) is 4.12. The topological polar surface area (TPSA) is 105 Å². The maximum atomic E-state index is 12.7. The van der Waals surface area contributed by atoms with Crippen molar-refractivity contribution in [3.8, 4) is 0 Å². The van der Waals surface area contributed by atoms with Crippen LogP contribution in [0.3, 0.4) is 0 Å². The van der Waals surface area contributed by atoms with Gasteiger partial charge in [0.2, 0.25) is 5.91 Å². The summed E-state index contributed by atoms with van der Waals surface area (Å²) in [6.07, 6.45) is 6.21. The molecule has 26 heavy (non-hydrogen) atoms. The first kappa shape index (κ1) is 21.0. The van der Waals surface area contributed by atoms with Gasteiger partial charge in [0.15, 0.2) is 6.23 Å². The van der Waals surface area contributed by atoms with Crippen LogP contribution >= 0.6 is 0 Å². The van der Waals surface area contributed by atoms with Gasteiger partial charge in [0.25, 0.3) is 0 Å². The van der Waals surface area contributed by atoms with E-state index in [0.717, 1.165) is 25.7 Å². The van der Waals surface area contributed by atoms with Crippen LogP contribution in [-0.2, 0) is 9.53 Å². The quantitative estimate of drug-likeness (QED) is 0.576. The molecular formula is C19H35N3O4. The van der Waals surface area contributed by atoms with E-state index in [4.69, 9.17) is 10.5 Å². The molecule has 1 saturated carbocycles. The molecule has 4 N–H and O–H groups in total. The highest BCUT2D eigenvalue weighted by atomic mass is 16.6. The highest BCUT2D eigenvalue weighted by Gasteiger charge is 2.36. The minimum absolute atomic E-state index is 0.283. The van der Waals surface area contributed by atoms with Crippen LogP contribution in [0.15, 0.2) is 0 Å². The molecule has 2 aliphatic rings. The van der Waals surface area contributed by atoms with E-state index in [1.165, 1.54) is 24.2 Å². The predicted octanol–water partition coefficient (Wildman–Crippen LogP) is 1.98. The number of nitrogens with zero attached hydrogens (tertiary/aromatic N) is 1. The molecule has 1 aliphatic heterocycles. The number of aliphatic hydroxyl groups excluding tert-OH is 1. The summed E-state index contributed by atoms with van der Waals surface area (Å²) in [6.45, 7) is 4.72. The lowest BCUT2D eigenvalue weighted by Gasteiger charge is -2.31. The Hall–Kier alpha value is -1.34. The van der Waals surface area contributed by atoms with Gasteiger partial charge >= 0.3 is 6.09 Å². The first-order chi connectivity index (χ1) is 12.5. The third kappa shape index (κ3) is 5.58. The van der Waals surface area contributed by atoms with E-state index < -0.39 is 30.4 Å². The molecule has 2 rings (SSSR count). The molecule has 7 nitrogen and oxygen atoms in total. The molecule has 4 atom stereocenters. The third-order valence-corrected chi connectivity index (χ3v) is 5.69. The van der Waals surface area contributed by atoms with Crippen LogP contribution in [-0.4, -0.2) is 53.5 Å². The largest absolute Gasteiger partial charge is 0.423 e. The SMILES string of the molecule is CCCC(C(=O)N[C@@H]1CN(CC)C(=O)O1)C(O)[C@@H](N)CC1CCCCC1. The molecule has 0 aromatic carbocycles. The molecule has 0 aromatic rings. The molecule has 0 radical (unpaired) electrons. The summed E-state index contributed by atoms with van der Waals surface area (Å²) in [5, 5.41) is 13.5. The van der Waals surface area contributed by atoms with Crippen molar-refractivity contribution in [3.63, 3.8) is 0 Å². The fraction of sp³-hybridized carbons (Fsp3) is 0.895. The van der Waals surface area contributed by atoms with Gasteiger partial charge < -0.3 is 25.8 Å². The monoisotopic (exact) mass is 369 g/mol. The van der Waals surface area contributed by atoms with Gasteiger partial charge in [-0.15, -0.1) is 0 Å². The van der Waals surface area contributed by atoms with Crippen molar-refractivity contribution in [2.45, 2.75) is 83.6 Å². The van der Waals surface area contributed by atoms with Gasteiger partial charge in [-0.2, -0.15) is 0 Å². The molecule has 2 fully saturated rings. The second kappa shape index (κ2) is 10.1. The van der Waals surface area contributed by atoms with E-state index in [2.05, 4.69) is 5.32 Å². The summed E-state index contributed by atoms with van der Waals surface area (Å²) >= 11 is 0. The van der Waals surface area contributed by atoms with Gasteiger partial charge in [-0.1, -0.05) is 45.4 Å². The third-order valence-electron chi connectivity index (χ3n) is 5.69. The van der Waals surface area contributed by atoms with Crippen molar-refractivity contribution in [1.29, 1.82) is 0 Å². The molecule has 0 spiro atoms. The summed E-state index contributed by atoms with van der Waals surface area (Å²) in [4.78, 5) is 25.9. The number of carbonyl (C=O) groups is 2. The zero-order valence-electron chi connectivity index (χ0n) is 16.2. The van der Waals surface area contributed by atoms with Crippen molar-refractivity contribution in [2.24, 2.45) is 17.6 Å². The van der Waals surface area contributed by atoms with Crippen LogP contribution in [0.5, 0.6) is 0 Å². The summed E-state index contributed by atoms with van der Waals surface area (Å²) in [6, 6.07) is -0.404. The zero-order valence-corrected chi connectivity index (χ0v) is 16.2. The van der Waals surface area contributed by atoms with Gasteiger partial charge in [-0.25, -0.2) is 4.79 Å². The van der Waals surface area contributed by atoms with E-state index in [1.54, 1.807) is 0 Å². The first-order valence-electron chi connectivity index (χ1n) is 10.2. The summed E-state index contributed by atoms with van der Waals surface area (Å²) in [5.74, 6) is -0.310. The number of likely N-dealkylation sites (N-methyl/N-ethyl adjacent to an activating group) is 1. The maximum Gasteiger partial charge on any atom is 0.411 e. The molecule has 0 bridgehead atoms. The maximum absolute atomic E-state index is 12.7. The van der Waals surface area contributed by atoms with Crippen LogP contribution in [0, 0.1) is 11.8 Å². The first-order valence-corrected chi connectivity index (χ1v) is 10.2. The second-order valence-corrected chi connectivity index (χ2v) is 7.71. The van der Waals surface area contributed by atoms with Gasteiger partial charge in [0.1, 0.15) is 0 Å². The molecule has 150 valence electrons. The molecule has 7 heteroatoms. The van der Waals surface area contributed by atoms with Gasteiger partial charge in [-0.3, -0.25) is 4.79 Å². The molecule has 2 amide bonds. The van der Waals surface area contributed by atoms with Crippen LogP contribution in [0.2, 0.25) is 0 Å². The molecular weight excluding hydrogens is 334 g/mol. The van der Waals surface area contributed by atoms with Crippen LogP contribution < -0.4 is 11.1 Å². The van der Waals surface area contributed by atoms with Crippen LogP contribution in [0.4, 0.5) is 4.79 Å². The number of hydrogen-bond acceptors (Lipinski definition) is 5. The summed E-state index contributed by atoms with van der Waals surface area (Å²) in [7, 11) is 0. The Bertz CT molecular complexity index is 468. The molecule has 0 aromatic heterocycles. The number of rotatable bonds is 9. The Morgan fingerprint density at radius 1 is 1.35 bits per heavy atom. The van der Waals surface area contributed by atoms with Crippen molar-refractivity contribution >= 4 is 12.0 Å². The van der Waals surface area contributed by atoms with E-state index in [1.807, 2.05) is 13.8 Å². The number of amides is 2. The Kier molecular flexibility index (Phi) is 8.15. The number of cyclic esters (lactones) is 1. The Morgan fingerprint density at radius 2 is 2.04 bits per heavy atom. The lowest BCUT2D eigenvalue weighted by molar-refractivity contribution is -0.132. The average Bonchev–Trinajstić information content (AvgIpc) is 2.99. The van der Waals surface area contributed by atoms with Crippen LogP contribution in [0.1, 0.15) is 65.2 Å². The predicted molar refractivity (Wildman–Crippen MR) is 99.2 cm³/mol. The number of ether oxygens (including phenoxy) is 1. The van der Waals surface area contributed by atoms with E-state index in [9.17, 15) is 14.7 Å². The highest BCUT2D eigenvalue weighted by molar-refractivity contribution is 5.80.